The monoisotopic (exact) mass is 262 g/mol. The number of hydrogen-bond acceptors (Lipinski definition) is 3. The van der Waals surface area contributed by atoms with E-state index in [0.717, 1.165) is 11.1 Å². The first-order valence-electron chi connectivity index (χ1n) is 7.07. The summed E-state index contributed by atoms with van der Waals surface area (Å²) in [6, 6.07) is 0. The number of allylic oxidation sites excluding steroid dienone is 3. The van der Waals surface area contributed by atoms with Crippen LogP contribution in [0.1, 0.15) is 34.6 Å². The first-order valence-corrected chi connectivity index (χ1v) is 7.07. The third-order valence-electron chi connectivity index (χ3n) is 4.95. The number of carbonyl (C=O) groups is 2. The zero-order valence-corrected chi connectivity index (χ0v) is 12.3. The van der Waals surface area contributed by atoms with Gasteiger partial charge in [0.1, 0.15) is 5.57 Å². The fourth-order valence-electron chi connectivity index (χ4n) is 3.31. The molecule has 0 aromatic carbocycles. The van der Waals surface area contributed by atoms with Crippen molar-refractivity contribution in [3.05, 3.63) is 22.8 Å². The van der Waals surface area contributed by atoms with Crippen LogP contribution in [0.2, 0.25) is 0 Å². The Hall–Kier alpha value is -1.38. The lowest BCUT2D eigenvalue weighted by atomic mass is 9.64. The molecule has 0 radical (unpaired) electrons. The van der Waals surface area contributed by atoms with Crippen molar-refractivity contribution < 1.29 is 14.3 Å². The number of carbonyl (C=O) groups excluding carboxylic acids is 2. The van der Waals surface area contributed by atoms with E-state index in [2.05, 4.69) is 27.7 Å². The first-order chi connectivity index (χ1) is 8.90. The molecule has 0 aliphatic heterocycles. The summed E-state index contributed by atoms with van der Waals surface area (Å²) in [6.07, 6.45) is 1.64. The van der Waals surface area contributed by atoms with Crippen molar-refractivity contribution in [1.29, 1.82) is 0 Å². The minimum atomic E-state index is -0.463. The molecule has 2 aliphatic carbocycles. The van der Waals surface area contributed by atoms with Crippen molar-refractivity contribution in [3.8, 4) is 0 Å². The van der Waals surface area contributed by atoms with E-state index in [-0.39, 0.29) is 17.3 Å². The van der Waals surface area contributed by atoms with Crippen LogP contribution in [0.15, 0.2) is 22.8 Å². The molecule has 0 aromatic rings. The summed E-state index contributed by atoms with van der Waals surface area (Å²) in [7, 11) is 0. The van der Waals surface area contributed by atoms with Gasteiger partial charge in [0.05, 0.1) is 6.61 Å². The van der Waals surface area contributed by atoms with Gasteiger partial charge in [-0.1, -0.05) is 27.7 Å². The topological polar surface area (TPSA) is 43.4 Å². The maximum absolute atomic E-state index is 12.1. The van der Waals surface area contributed by atoms with Crippen molar-refractivity contribution in [1.82, 2.24) is 0 Å². The molecule has 0 N–H and O–H groups in total. The molecule has 4 atom stereocenters. The van der Waals surface area contributed by atoms with Gasteiger partial charge in [0.2, 0.25) is 0 Å². The smallest absolute Gasteiger partial charge is 0.342 e. The molecule has 0 amide bonds. The summed E-state index contributed by atoms with van der Waals surface area (Å²) in [5, 5.41) is 0. The standard InChI is InChI=1S/C16H22O3/c1-6-19-16(18)15-13(17)7-12-10(4)8(2)9(3)11(5)14(12)15/h7-11H,6H2,1-5H3/t8-,9-,10-,11-/m0/s1. The van der Waals surface area contributed by atoms with E-state index in [4.69, 9.17) is 4.74 Å². The Morgan fingerprint density at radius 2 is 1.74 bits per heavy atom. The predicted molar refractivity (Wildman–Crippen MR) is 73.4 cm³/mol. The van der Waals surface area contributed by atoms with Crippen molar-refractivity contribution in [2.24, 2.45) is 23.7 Å². The van der Waals surface area contributed by atoms with Crippen LogP contribution in [0, 0.1) is 23.7 Å². The van der Waals surface area contributed by atoms with Crippen LogP contribution in [-0.4, -0.2) is 18.4 Å². The van der Waals surface area contributed by atoms with Crippen LogP contribution < -0.4 is 0 Å². The highest BCUT2D eigenvalue weighted by Gasteiger charge is 2.43. The second-order valence-corrected chi connectivity index (χ2v) is 5.77. The van der Waals surface area contributed by atoms with Gasteiger partial charge in [0.15, 0.2) is 5.78 Å². The molecular formula is C16H22O3. The molecule has 3 nitrogen and oxygen atoms in total. The van der Waals surface area contributed by atoms with Crippen molar-refractivity contribution in [3.63, 3.8) is 0 Å². The van der Waals surface area contributed by atoms with Gasteiger partial charge in [-0.3, -0.25) is 4.79 Å². The summed E-state index contributed by atoms with van der Waals surface area (Å²) < 4.78 is 5.04. The third-order valence-corrected chi connectivity index (χ3v) is 4.95. The van der Waals surface area contributed by atoms with Gasteiger partial charge in [-0.15, -0.1) is 0 Å². The van der Waals surface area contributed by atoms with Crippen LogP contribution in [0.5, 0.6) is 0 Å². The Labute approximate surface area is 114 Å². The minimum absolute atomic E-state index is 0.177. The van der Waals surface area contributed by atoms with Gasteiger partial charge < -0.3 is 4.74 Å². The number of esters is 1. The Bertz CT molecular complexity index is 484. The molecule has 104 valence electrons. The highest BCUT2D eigenvalue weighted by Crippen LogP contribution is 2.48. The van der Waals surface area contributed by atoms with Gasteiger partial charge in [0, 0.05) is 0 Å². The fourth-order valence-corrected chi connectivity index (χ4v) is 3.31. The van der Waals surface area contributed by atoms with Gasteiger partial charge >= 0.3 is 5.97 Å². The van der Waals surface area contributed by atoms with E-state index in [1.54, 1.807) is 13.0 Å². The van der Waals surface area contributed by atoms with E-state index < -0.39 is 5.97 Å². The van der Waals surface area contributed by atoms with E-state index >= 15 is 0 Å². The molecule has 0 unspecified atom stereocenters. The quantitative estimate of drug-likeness (QED) is 0.567. The van der Waals surface area contributed by atoms with E-state index in [9.17, 15) is 9.59 Å². The van der Waals surface area contributed by atoms with Crippen LogP contribution in [0.25, 0.3) is 0 Å². The largest absolute Gasteiger partial charge is 0.462 e. The second kappa shape index (κ2) is 4.95. The molecule has 0 spiro atoms. The minimum Gasteiger partial charge on any atom is -0.462 e. The highest BCUT2D eigenvalue weighted by atomic mass is 16.5. The van der Waals surface area contributed by atoms with Crippen molar-refractivity contribution >= 4 is 11.8 Å². The number of hydrogen-bond donors (Lipinski definition) is 0. The molecule has 2 aliphatic rings. The molecule has 3 heteroatoms. The highest BCUT2D eigenvalue weighted by molar-refractivity contribution is 6.25. The number of ketones is 1. The van der Waals surface area contributed by atoms with E-state index in [1.807, 2.05) is 0 Å². The lowest BCUT2D eigenvalue weighted by Gasteiger charge is -2.40. The molecule has 0 aromatic heterocycles. The molecule has 1 fully saturated rings. The van der Waals surface area contributed by atoms with E-state index in [0.29, 0.717) is 24.4 Å². The lowest BCUT2D eigenvalue weighted by molar-refractivity contribution is -0.139. The lowest BCUT2D eigenvalue weighted by Crippen LogP contribution is -2.32. The number of fused-ring (bicyclic) bond motifs is 1. The Kier molecular flexibility index (Phi) is 3.66. The number of rotatable bonds is 2. The summed E-state index contributed by atoms with van der Waals surface area (Å²) >= 11 is 0. The summed E-state index contributed by atoms with van der Waals surface area (Å²) in [6.45, 7) is 10.7. The van der Waals surface area contributed by atoms with Crippen molar-refractivity contribution in [2.45, 2.75) is 34.6 Å². The first kappa shape index (κ1) is 14.0. The van der Waals surface area contributed by atoms with Crippen LogP contribution in [0.4, 0.5) is 0 Å². The summed E-state index contributed by atoms with van der Waals surface area (Å²) in [5.41, 5.74) is 2.25. The zero-order valence-electron chi connectivity index (χ0n) is 12.3. The van der Waals surface area contributed by atoms with Crippen LogP contribution in [-0.2, 0) is 14.3 Å². The predicted octanol–water partition coefficient (Wildman–Crippen LogP) is 2.91. The Balaban J connectivity index is 2.50. The van der Waals surface area contributed by atoms with Gasteiger partial charge in [-0.05, 0) is 47.8 Å². The fraction of sp³-hybridized carbons (Fsp3) is 0.625. The number of ether oxygens (including phenoxy) is 1. The normalized spacial score (nSPS) is 34.2. The zero-order chi connectivity index (χ0) is 14.3. The maximum atomic E-state index is 12.1. The van der Waals surface area contributed by atoms with Crippen molar-refractivity contribution in [2.75, 3.05) is 6.61 Å². The Morgan fingerprint density at radius 3 is 2.32 bits per heavy atom. The Morgan fingerprint density at radius 1 is 1.16 bits per heavy atom. The molecule has 0 heterocycles. The van der Waals surface area contributed by atoms with E-state index in [1.165, 1.54) is 0 Å². The van der Waals surface area contributed by atoms with Crippen LogP contribution in [0.3, 0.4) is 0 Å². The maximum Gasteiger partial charge on any atom is 0.342 e. The van der Waals surface area contributed by atoms with Gasteiger partial charge in [-0.2, -0.15) is 0 Å². The van der Waals surface area contributed by atoms with Gasteiger partial charge in [0.25, 0.3) is 0 Å². The SMILES string of the molecule is CCOC(=O)C1=C2C(=CC1=O)[C@@H](C)[C@@H](C)[C@H](C)[C@@H]2C. The molecule has 0 bridgehead atoms. The molecule has 2 rings (SSSR count). The molecule has 19 heavy (non-hydrogen) atoms. The summed E-state index contributed by atoms with van der Waals surface area (Å²) in [4.78, 5) is 24.1. The molecule has 0 saturated heterocycles. The second-order valence-electron chi connectivity index (χ2n) is 5.77. The van der Waals surface area contributed by atoms with Gasteiger partial charge in [-0.25, -0.2) is 4.79 Å². The third kappa shape index (κ3) is 2.05. The average molecular weight is 262 g/mol. The summed E-state index contributed by atoms with van der Waals surface area (Å²) in [5.74, 6) is 0.871. The molecule has 1 saturated carbocycles. The molecular weight excluding hydrogens is 240 g/mol. The average Bonchev–Trinajstić information content (AvgIpc) is 2.72. The van der Waals surface area contributed by atoms with Crippen LogP contribution >= 0.6 is 0 Å².